The zero-order chi connectivity index (χ0) is 23.8. The van der Waals surface area contributed by atoms with Crippen LogP contribution >= 0.6 is 0 Å². The summed E-state index contributed by atoms with van der Waals surface area (Å²) in [5.41, 5.74) is 1.90. The van der Waals surface area contributed by atoms with E-state index in [4.69, 9.17) is 0 Å². The number of benzene rings is 2. The molecule has 0 unspecified atom stereocenters. The van der Waals surface area contributed by atoms with E-state index in [0.717, 1.165) is 17.1 Å². The minimum Gasteiger partial charge on any atom is -0.310 e. The van der Waals surface area contributed by atoms with Crippen molar-refractivity contribution in [3.8, 4) is 0 Å². The Morgan fingerprint density at radius 3 is 2.58 bits per heavy atom. The predicted molar refractivity (Wildman–Crippen MR) is 123 cm³/mol. The Bertz CT molecular complexity index is 1330. The number of hydrogen-bond donors (Lipinski definition) is 1. The summed E-state index contributed by atoms with van der Waals surface area (Å²) in [5, 5.41) is 14.0. The summed E-state index contributed by atoms with van der Waals surface area (Å²) in [4.78, 5) is 27.8. The maximum absolute atomic E-state index is 13.1. The van der Waals surface area contributed by atoms with Gasteiger partial charge in [0.25, 0.3) is 5.69 Å². The van der Waals surface area contributed by atoms with Gasteiger partial charge in [-0.05, 0) is 44.4 Å². The van der Waals surface area contributed by atoms with Crippen LogP contribution in [-0.4, -0.2) is 46.2 Å². The Hall–Kier alpha value is -3.31. The van der Waals surface area contributed by atoms with Crippen molar-refractivity contribution in [3.63, 3.8) is 0 Å². The van der Waals surface area contributed by atoms with Crippen LogP contribution in [0.2, 0.25) is 0 Å². The highest BCUT2D eigenvalue weighted by atomic mass is 32.2. The van der Waals surface area contributed by atoms with Crippen molar-refractivity contribution in [1.29, 1.82) is 0 Å². The molecule has 0 spiro atoms. The Kier molecular flexibility index (Phi) is 6.17. The maximum Gasteiger partial charge on any atom is 0.270 e. The molecule has 0 aliphatic carbocycles. The molecule has 1 aliphatic rings. The van der Waals surface area contributed by atoms with E-state index >= 15 is 0 Å². The largest absolute Gasteiger partial charge is 0.310 e. The fourth-order valence-electron chi connectivity index (χ4n) is 4.18. The molecular weight excluding hydrogens is 446 g/mol. The van der Waals surface area contributed by atoms with Gasteiger partial charge in [-0.25, -0.2) is 13.4 Å². The molecule has 2 aromatic carbocycles. The van der Waals surface area contributed by atoms with Crippen LogP contribution in [0.4, 0.5) is 11.6 Å². The number of nitro groups is 1. The average Bonchev–Trinajstić information content (AvgIpc) is 3.16. The lowest BCUT2D eigenvalue weighted by molar-refractivity contribution is -0.385. The summed E-state index contributed by atoms with van der Waals surface area (Å²) >= 11 is 0. The molecule has 1 aromatic heterocycles. The molecule has 0 bridgehead atoms. The van der Waals surface area contributed by atoms with Gasteiger partial charge >= 0.3 is 0 Å². The highest BCUT2D eigenvalue weighted by molar-refractivity contribution is 7.89. The summed E-state index contributed by atoms with van der Waals surface area (Å²) in [6, 6.07) is 11.5. The van der Waals surface area contributed by atoms with Gasteiger partial charge in [0.15, 0.2) is 0 Å². The third kappa shape index (κ3) is 4.33. The van der Waals surface area contributed by atoms with E-state index in [-0.39, 0.29) is 35.5 Å². The first-order valence-corrected chi connectivity index (χ1v) is 12.2. The second-order valence-corrected chi connectivity index (χ2v) is 9.95. The van der Waals surface area contributed by atoms with E-state index in [0.29, 0.717) is 30.9 Å². The van der Waals surface area contributed by atoms with Gasteiger partial charge in [-0.3, -0.25) is 20.2 Å². The maximum atomic E-state index is 13.1. The summed E-state index contributed by atoms with van der Waals surface area (Å²) in [6.07, 6.45) is 0.705. The van der Waals surface area contributed by atoms with Crippen molar-refractivity contribution in [2.24, 2.45) is 5.92 Å². The Morgan fingerprint density at radius 1 is 1.21 bits per heavy atom. The number of anilines is 1. The summed E-state index contributed by atoms with van der Waals surface area (Å²) in [6.45, 7) is 4.55. The summed E-state index contributed by atoms with van der Waals surface area (Å²) < 4.78 is 29.5. The number of para-hydroxylation sites is 2. The van der Waals surface area contributed by atoms with Crippen molar-refractivity contribution >= 4 is 38.6 Å². The highest BCUT2D eigenvalue weighted by Crippen LogP contribution is 2.29. The number of nitro benzene ring substituents is 1. The third-order valence-electron chi connectivity index (χ3n) is 6.03. The van der Waals surface area contributed by atoms with Gasteiger partial charge in [-0.2, -0.15) is 4.31 Å². The second-order valence-electron chi connectivity index (χ2n) is 8.04. The molecule has 1 aliphatic heterocycles. The zero-order valence-corrected chi connectivity index (χ0v) is 19.2. The predicted octanol–water partition coefficient (Wildman–Crippen LogP) is 3.31. The molecule has 10 nitrogen and oxygen atoms in total. The van der Waals surface area contributed by atoms with Crippen molar-refractivity contribution in [2.45, 2.75) is 38.1 Å². The quantitative estimate of drug-likeness (QED) is 0.434. The lowest BCUT2D eigenvalue weighted by atomic mass is 9.97. The Labute approximate surface area is 191 Å². The topological polar surface area (TPSA) is 127 Å². The molecule has 1 fully saturated rings. The monoisotopic (exact) mass is 471 g/mol. The van der Waals surface area contributed by atoms with E-state index in [1.807, 2.05) is 35.8 Å². The minimum absolute atomic E-state index is 0.0729. The smallest absolute Gasteiger partial charge is 0.270 e. The van der Waals surface area contributed by atoms with Gasteiger partial charge in [0.1, 0.15) is 0 Å². The minimum atomic E-state index is -3.90. The van der Waals surface area contributed by atoms with Crippen molar-refractivity contribution in [1.82, 2.24) is 13.9 Å². The van der Waals surface area contributed by atoms with E-state index in [1.165, 1.54) is 16.4 Å². The molecule has 11 heteroatoms. The lowest BCUT2D eigenvalue weighted by Crippen LogP contribution is -2.41. The van der Waals surface area contributed by atoms with Crippen molar-refractivity contribution < 1.29 is 18.1 Å². The molecule has 33 heavy (non-hydrogen) atoms. The molecule has 4 rings (SSSR count). The van der Waals surface area contributed by atoms with Gasteiger partial charge in [0, 0.05) is 37.7 Å². The van der Waals surface area contributed by atoms with Crippen LogP contribution in [0.1, 0.15) is 25.3 Å². The zero-order valence-electron chi connectivity index (χ0n) is 18.4. The Morgan fingerprint density at radius 2 is 1.91 bits per heavy atom. The first-order chi connectivity index (χ1) is 15.7. The van der Waals surface area contributed by atoms with Gasteiger partial charge < -0.3 is 4.57 Å². The van der Waals surface area contributed by atoms with Crippen LogP contribution in [0.5, 0.6) is 0 Å². The number of imidazole rings is 1. The molecule has 174 valence electrons. The van der Waals surface area contributed by atoms with Gasteiger partial charge in [-0.15, -0.1) is 0 Å². The van der Waals surface area contributed by atoms with Gasteiger partial charge in [0.2, 0.25) is 21.9 Å². The number of rotatable bonds is 6. The number of carbonyl (C=O) groups excluding carboxylic acids is 1. The SMILES string of the molecule is CCn1c(NC(=O)C2CCN(S(=O)(=O)c3cc([N+](=O)[O-])ccc3C)CC2)nc2ccccc21. The number of aromatic nitrogens is 2. The molecule has 0 atom stereocenters. The normalized spacial score (nSPS) is 15.6. The third-order valence-corrected chi connectivity index (χ3v) is 8.07. The van der Waals surface area contributed by atoms with Crippen molar-refractivity contribution in [2.75, 3.05) is 18.4 Å². The molecule has 2 heterocycles. The molecule has 1 saturated heterocycles. The number of piperidine rings is 1. The second kappa shape index (κ2) is 8.91. The van der Waals surface area contributed by atoms with E-state index < -0.39 is 14.9 Å². The number of fused-ring (bicyclic) bond motifs is 1. The van der Waals surface area contributed by atoms with Gasteiger partial charge in [-0.1, -0.05) is 18.2 Å². The number of sulfonamides is 1. The standard InChI is InChI=1S/C22H25N5O5S/c1-3-26-19-7-5-4-6-18(19)23-22(26)24-21(28)16-10-12-25(13-11-16)33(31,32)20-14-17(27(29)30)9-8-15(20)2/h4-9,14,16H,3,10-13H2,1-2H3,(H,23,24,28). The van der Waals surface area contributed by atoms with E-state index in [2.05, 4.69) is 10.3 Å². The fourth-order valence-corrected chi connectivity index (χ4v) is 5.90. The number of carbonyl (C=O) groups is 1. The molecule has 3 aromatic rings. The molecular formula is C22H25N5O5S. The van der Waals surface area contributed by atoms with Crippen LogP contribution in [0.25, 0.3) is 11.0 Å². The summed E-state index contributed by atoms with van der Waals surface area (Å²) in [5.74, 6) is -0.0673. The fraction of sp³-hybridized carbons (Fsp3) is 0.364. The first kappa shape index (κ1) is 22.9. The van der Waals surface area contributed by atoms with Crippen LogP contribution in [0, 0.1) is 23.0 Å². The van der Waals surface area contributed by atoms with Crippen LogP contribution < -0.4 is 5.32 Å². The average molecular weight is 472 g/mol. The highest BCUT2D eigenvalue weighted by Gasteiger charge is 2.34. The molecule has 1 amide bonds. The van der Waals surface area contributed by atoms with Crippen LogP contribution in [0.3, 0.4) is 0 Å². The number of nitrogens with zero attached hydrogens (tertiary/aromatic N) is 4. The van der Waals surface area contributed by atoms with Crippen LogP contribution in [0.15, 0.2) is 47.4 Å². The first-order valence-electron chi connectivity index (χ1n) is 10.7. The number of nitrogens with one attached hydrogen (secondary N) is 1. The van der Waals surface area contributed by atoms with E-state index in [1.54, 1.807) is 6.92 Å². The van der Waals surface area contributed by atoms with Crippen molar-refractivity contribution in [3.05, 3.63) is 58.1 Å². The van der Waals surface area contributed by atoms with E-state index in [9.17, 15) is 23.3 Å². The summed E-state index contributed by atoms with van der Waals surface area (Å²) in [7, 11) is -3.90. The molecule has 0 radical (unpaired) electrons. The number of aryl methyl sites for hydroxylation is 2. The Balaban J connectivity index is 1.46. The molecule has 0 saturated carbocycles. The molecule has 1 N–H and O–H groups in total. The lowest BCUT2D eigenvalue weighted by Gasteiger charge is -2.30. The van der Waals surface area contributed by atoms with Gasteiger partial charge in [0.05, 0.1) is 20.9 Å². The van der Waals surface area contributed by atoms with Crippen LogP contribution in [-0.2, 0) is 21.4 Å². The number of hydrogen-bond acceptors (Lipinski definition) is 6. The number of amides is 1. The number of non-ortho nitro benzene ring substituents is 1.